The van der Waals surface area contributed by atoms with E-state index in [4.69, 9.17) is 0 Å². The molecule has 0 aliphatic rings. The predicted octanol–water partition coefficient (Wildman–Crippen LogP) is 3.24. The van der Waals surface area contributed by atoms with Crippen molar-refractivity contribution in [3.63, 3.8) is 0 Å². The summed E-state index contributed by atoms with van der Waals surface area (Å²) in [7, 11) is 0. The van der Waals surface area contributed by atoms with Gasteiger partial charge in [0.1, 0.15) is 5.69 Å². The van der Waals surface area contributed by atoms with Crippen LogP contribution in [0.15, 0.2) is 46.1 Å². The molecule has 0 aliphatic heterocycles. The third-order valence-electron chi connectivity index (χ3n) is 2.75. The molecule has 19 heavy (non-hydrogen) atoms. The fraction of sp³-hybridized carbons (Fsp3) is 0.143. The highest BCUT2D eigenvalue weighted by Gasteiger charge is 2.07. The van der Waals surface area contributed by atoms with Crippen molar-refractivity contribution < 1.29 is 4.79 Å². The fourth-order valence-corrected chi connectivity index (χ4v) is 2.08. The number of aromatic nitrogens is 1. The number of hydrazone groups is 1. The summed E-state index contributed by atoms with van der Waals surface area (Å²) in [5.41, 5.74) is 5.92. The molecule has 1 amide bonds. The van der Waals surface area contributed by atoms with Gasteiger partial charge >= 0.3 is 0 Å². The minimum atomic E-state index is -0.265. The average molecular weight is 320 g/mol. The molecule has 0 unspecified atom stereocenters. The second-order valence-corrected chi connectivity index (χ2v) is 5.10. The molecule has 0 saturated heterocycles. The Bertz CT molecular complexity index is 631. The smallest absolute Gasteiger partial charge is 0.287 e. The van der Waals surface area contributed by atoms with E-state index >= 15 is 0 Å². The van der Waals surface area contributed by atoms with E-state index in [2.05, 4.69) is 31.4 Å². The molecule has 0 radical (unpaired) electrons. The number of amides is 1. The van der Waals surface area contributed by atoms with Gasteiger partial charge in [-0.05, 0) is 41.4 Å². The molecular weight excluding hydrogens is 306 g/mol. The lowest BCUT2D eigenvalue weighted by molar-refractivity contribution is 0.0950. The molecular formula is C14H14BrN3O. The molecule has 1 heterocycles. The van der Waals surface area contributed by atoms with E-state index in [9.17, 15) is 4.79 Å². The zero-order chi connectivity index (χ0) is 13.8. The molecule has 1 aromatic heterocycles. The molecule has 0 fully saturated rings. The van der Waals surface area contributed by atoms with E-state index in [1.54, 1.807) is 12.3 Å². The van der Waals surface area contributed by atoms with Gasteiger partial charge in [0.2, 0.25) is 0 Å². The normalized spacial score (nSPS) is 11.4. The minimum absolute atomic E-state index is 0.265. The molecule has 0 spiro atoms. The van der Waals surface area contributed by atoms with Gasteiger partial charge in [0.05, 0.1) is 5.71 Å². The highest BCUT2D eigenvalue weighted by Crippen LogP contribution is 2.11. The monoisotopic (exact) mass is 319 g/mol. The molecule has 0 saturated carbocycles. The second-order valence-electron chi connectivity index (χ2n) is 4.18. The topological polar surface area (TPSA) is 57.2 Å². The SMILES string of the molecule is C/C(=N/NC(=O)c1cc(Br)c[nH]1)c1ccccc1C. The van der Waals surface area contributed by atoms with E-state index in [1.807, 2.05) is 38.1 Å². The van der Waals surface area contributed by atoms with Crippen LogP contribution in [0.1, 0.15) is 28.5 Å². The van der Waals surface area contributed by atoms with Gasteiger partial charge in [-0.1, -0.05) is 24.3 Å². The standard InChI is InChI=1S/C14H14BrN3O/c1-9-5-3-4-6-12(9)10(2)17-18-14(19)13-7-11(15)8-16-13/h3-8,16H,1-2H3,(H,18,19)/b17-10-. The first-order valence-electron chi connectivity index (χ1n) is 5.82. The number of aryl methyl sites for hydroxylation is 1. The Morgan fingerprint density at radius 2 is 2.11 bits per heavy atom. The van der Waals surface area contributed by atoms with Crippen molar-refractivity contribution in [1.29, 1.82) is 0 Å². The van der Waals surface area contributed by atoms with Crippen LogP contribution in [0.3, 0.4) is 0 Å². The van der Waals surface area contributed by atoms with Gasteiger partial charge in [-0.25, -0.2) is 5.43 Å². The minimum Gasteiger partial charge on any atom is -0.356 e. The summed E-state index contributed by atoms with van der Waals surface area (Å²) in [6.07, 6.45) is 1.70. The molecule has 2 N–H and O–H groups in total. The van der Waals surface area contributed by atoms with Crippen LogP contribution in [0, 0.1) is 6.92 Å². The Labute approximate surface area is 120 Å². The van der Waals surface area contributed by atoms with Crippen LogP contribution in [-0.4, -0.2) is 16.6 Å². The van der Waals surface area contributed by atoms with E-state index in [-0.39, 0.29) is 5.91 Å². The molecule has 2 aromatic rings. The van der Waals surface area contributed by atoms with E-state index in [1.165, 1.54) is 0 Å². The fourth-order valence-electron chi connectivity index (χ4n) is 1.73. The summed E-state index contributed by atoms with van der Waals surface area (Å²) in [6, 6.07) is 9.62. The third kappa shape index (κ3) is 3.32. The van der Waals surface area contributed by atoms with Crippen molar-refractivity contribution in [3.8, 4) is 0 Å². The molecule has 5 heteroatoms. The summed E-state index contributed by atoms with van der Waals surface area (Å²) < 4.78 is 0.831. The van der Waals surface area contributed by atoms with Crippen LogP contribution in [0.2, 0.25) is 0 Å². The van der Waals surface area contributed by atoms with Gasteiger partial charge in [0.25, 0.3) is 5.91 Å². The molecule has 0 atom stereocenters. The first-order valence-corrected chi connectivity index (χ1v) is 6.62. The van der Waals surface area contributed by atoms with Crippen molar-refractivity contribution >= 4 is 27.5 Å². The number of nitrogens with one attached hydrogen (secondary N) is 2. The van der Waals surface area contributed by atoms with Crippen molar-refractivity contribution in [2.45, 2.75) is 13.8 Å². The summed E-state index contributed by atoms with van der Waals surface area (Å²) in [6.45, 7) is 3.88. The average Bonchev–Trinajstić information content (AvgIpc) is 2.83. The Morgan fingerprint density at radius 1 is 1.37 bits per heavy atom. The van der Waals surface area contributed by atoms with E-state index < -0.39 is 0 Å². The van der Waals surface area contributed by atoms with Crippen molar-refractivity contribution in [2.24, 2.45) is 5.10 Å². The number of hydrogen-bond acceptors (Lipinski definition) is 2. The van der Waals surface area contributed by atoms with Gasteiger partial charge in [0.15, 0.2) is 0 Å². The summed E-state index contributed by atoms with van der Waals surface area (Å²) in [5.74, 6) is -0.265. The Hall–Kier alpha value is -1.88. The molecule has 4 nitrogen and oxygen atoms in total. The van der Waals surface area contributed by atoms with Crippen molar-refractivity contribution in [3.05, 3.63) is 57.8 Å². The largest absolute Gasteiger partial charge is 0.356 e. The zero-order valence-corrected chi connectivity index (χ0v) is 12.3. The molecule has 0 aliphatic carbocycles. The second kappa shape index (κ2) is 5.84. The van der Waals surface area contributed by atoms with Crippen LogP contribution in [0.5, 0.6) is 0 Å². The quantitative estimate of drug-likeness (QED) is 0.662. The molecule has 0 bridgehead atoms. The summed E-state index contributed by atoms with van der Waals surface area (Å²) >= 11 is 3.28. The lowest BCUT2D eigenvalue weighted by Crippen LogP contribution is -2.19. The number of aromatic amines is 1. The number of carbonyl (C=O) groups is 1. The third-order valence-corrected chi connectivity index (χ3v) is 3.21. The van der Waals surface area contributed by atoms with Crippen molar-refractivity contribution in [2.75, 3.05) is 0 Å². The van der Waals surface area contributed by atoms with Crippen molar-refractivity contribution in [1.82, 2.24) is 10.4 Å². The predicted molar refractivity (Wildman–Crippen MR) is 79.3 cm³/mol. The maximum atomic E-state index is 11.8. The highest BCUT2D eigenvalue weighted by molar-refractivity contribution is 9.10. The maximum Gasteiger partial charge on any atom is 0.287 e. The van der Waals surface area contributed by atoms with Crippen LogP contribution >= 0.6 is 15.9 Å². The maximum absolute atomic E-state index is 11.8. The summed E-state index contributed by atoms with van der Waals surface area (Å²) in [4.78, 5) is 14.7. The van der Waals surface area contributed by atoms with Gasteiger partial charge in [-0.3, -0.25) is 4.79 Å². The molecule has 1 aromatic carbocycles. The van der Waals surface area contributed by atoms with Crippen LogP contribution in [0.25, 0.3) is 0 Å². The van der Waals surface area contributed by atoms with Gasteiger partial charge in [0, 0.05) is 16.2 Å². The number of nitrogens with zero attached hydrogens (tertiary/aromatic N) is 1. The number of carbonyl (C=O) groups excluding carboxylic acids is 1. The number of halogens is 1. The number of rotatable bonds is 3. The van der Waals surface area contributed by atoms with Crippen LogP contribution in [-0.2, 0) is 0 Å². The van der Waals surface area contributed by atoms with Crippen LogP contribution in [0.4, 0.5) is 0 Å². The van der Waals surface area contributed by atoms with Gasteiger partial charge in [-0.15, -0.1) is 0 Å². The Morgan fingerprint density at radius 3 is 2.74 bits per heavy atom. The zero-order valence-electron chi connectivity index (χ0n) is 10.7. The first kappa shape index (κ1) is 13.5. The van der Waals surface area contributed by atoms with Gasteiger partial charge < -0.3 is 4.98 Å². The highest BCUT2D eigenvalue weighted by atomic mass is 79.9. The Balaban J connectivity index is 2.11. The first-order chi connectivity index (χ1) is 9.08. The van der Waals surface area contributed by atoms with E-state index in [0.29, 0.717) is 5.69 Å². The lowest BCUT2D eigenvalue weighted by Gasteiger charge is -2.05. The number of benzene rings is 1. The Kier molecular flexibility index (Phi) is 4.16. The number of H-pyrrole nitrogens is 1. The number of hydrogen-bond donors (Lipinski definition) is 2. The lowest BCUT2D eigenvalue weighted by atomic mass is 10.1. The van der Waals surface area contributed by atoms with Crippen LogP contribution < -0.4 is 5.43 Å². The van der Waals surface area contributed by atoms with Gasteiger partial charge in [-0.2, -0.15) is 5.10 Å². The molecule has 98 valence electrons. The summed E-state index contributed by atoms with van der Waals surface area (Å²) in [5, 5.41) is 4.12. The molecule has 2 rings (SSSR count). The van der Waals surface area contributed by atoms with E-state index in [0.717, 1.165) is 21.3 Å².